The molecule has 0 aliphatic rings. The molecule has 1 aromatic heterocycles. The summed E-state index contributed by atoms with van der Waals surface area (Å²) < 4.78 is 28.2. The minimum absolute atomic E-state index is 0.424. The molecule has 1 N–H and O–H groups in total. The van der Waals surface area contributed by atoms with Crippen molar-refractivity contribution in [2.75, 3.05) is 6.54 Å². The van der Waals surface area contributed by atoms with E-state index >= 15 is 0 Å². The molecule has 0 fully saturated rings. The van der Waals surface area contributed by atoms with Crippen LogP contribution < -0.4 is 4.72 Å². The van der Waals surface area contributed by atoms with Gasteiger partial charge in [-0.1, -0.05) is 6.07 Å². The van der Waals surface area contributed by atoms with Gasteiger partial charge in [0.25, 0.3) is 0 Å². The Bertz CT molecular complexity index is 746. The SMILES string of the molecule is Cc1c(C)c(C)c(S(=O)(=O)NCCc2cccs2)c(C)c1C. The Morgan fingerprint density at radius 1 is 0.955 bits per heavy atom. The molecule has 2 rings (SSSR count). The van der Waals surface area contributed by atoms with Crippen LogP contribution in [0, 0.1) is 34.6 Å². The van der Waals surface area contributed by atoms with Crippen molar-refractivity contribution in [3.63, 3.8) is 0 Å². The first-order valence-electron chi connectivity index (χ1n) is 7.34. The Morgan fingerprint density at radius 2 is 1.50 bits per heavy atom. The molecule has 0 unspecified atom stereocenters. The lowest BCUT2D eigenvalue weighted by molar-refractivity contribution is 0.580. The molecule has 2 aromatic rings. The molecule has 0 saturated heterocycles. The van der Waals surface area contributed by atoms with Crippen molar-refractivity contribution in [1.82, 2.24) is 4.72 Å². The molecule has 5 heteroatoms. The second-order valence-corrected chi connectivity index (χ2v) is 8.42. The Labute approximate surface area is 137 Å². The van der Waals surface area contributed by atoms with Crippen LogP contribution >= 0.6 is 11.3 Å². The molecule has 0 spiro atoms. The zero-order valence-electron chi connectivity index (χ0n) is 13.8. The maximum atomic E-state index is 12.7. The van der Waals surface area contributed by atoms with Gasteiger partial charge in [0.2, 0.25) is 10.0 Å². The maximum Gasteiger partial charge on any atom is 0.241 e. The Hall–Kier alpha value is -1.17. The molecule has 22 heavy (non-hydrogen) atoms. The van der Waals surface area contributed by atoms with Crippen LogP contribution in [0.3, 0.4) is 0 Å². The lowest BCUT2D eigenvalue weighted by Gasteiger charge is -2.19. The highest BCUT2D eigenvalue weighted by Gasteiger charge is 2.23. The molecule has 0 aliphatic carbocycles. The number of thiophene rings is 1. The fourth-order valence-corrected chi connectivity index (χ4v) is 5.04. The number of hydrogen-bond donors (Lipinski definition) is 1. The lowest BCUT2D eigenvalue weighted by atomic mass is 9.95. The number of benzene rings is 1. The topological polar surface area (TPSA) is 46.2 Å². The van der Waals surface area contributed by atoms with Crippen molar-refractivity contribution < 1.29 is 8.42 Å². The Morgan fingerprint density at radius 3 is 2.00 bits per heavy atom. The highest BCUT2D eigenvalue weighted by atomic mass is 32.2. The zero-order valence-corrected chi connectivity index (χ0v) is 15.4. The zero-order chi connectivity index (χ0) is 16.5. The molecule has 0 radical (unpaired) electrons. The molecule has 0 atom stereocenters. The quantitative estimate of drug-likeness (QED) is 0.902. The van der Waals surface area contributed by atoms with Crippen LogP contribution in [0.5, 0.6) is 0 Å². The summed E-state index contributed by atoms with van der Waals surface area (Å²) in [5, 5.41) is 2.00. The van der Waals surface area contributed by atoms with Gasteiger partial charge in [0.15, 0.2) is 0 Å². The third-order valence-corrected chi connectivity index (χ3v) is 7.11. The summed E-state index contributed by atoms with van der Waals surface area (Å²) >= 11 is 1.65. The van der Waals surface area contributed by atoms with Gasteiger partial charge in [-0.3, -0.25) is 0 Å². The highest BCUT2D eigenvalue weighted by molar-refractivity contribution is 7.89. The molecule has 0 bridgehead atoms. The number of sulfonamides is 1. The van der Waals surface area contributed by atoms with Gasteiger partial charge in [0, 0.05) is 11.4 Å². The smallest absolute Gasteiger partial charge is 0.211 e. The van der Waals surface area contributed by atoms with E-state index in [1.165, 1.54) is 10.4 Å². The van der Waals surface area contributed by atoms with E-state index in [4.69, 9.17) is 0 Å². The van der Waals surface area contributed by atoms with Crippen LogP contribution in [0.25, 0.3) is 0 Å². The van der Waals surface area contributed by atoms with E-state index in [0.717, 1.165) is 28.7 Å². The minimum Gasteiger partial charge on any atom is -0.211 e. The first-order chi connectivity index (χ1) is 10.3. The van der Waals surface area contributed by atoms with Crippen molar-refractivity contribution >= 4 is 21.4 Å². The van der Waals surface area contributed by atoms with Crippen LogP contribution in [0.4, 0.5) is 0 Å². The van der Waals surface area contributed by atoms with E-state index in [1.807, 2.05) is 52.1 Å². The molecule has 0 amide bonds. The van der Waals surface area contributed by atoms with Gasteiger partial charge in [-0.2, -0.15) is 0 Å². The molecular formula is C17H23NO2S2. The summed E-state index contributed by atoms with van der Waals surface area (Å²) in [6.45, 7) is 10.2. The predicted octanol–water partition coefficient (Wildman–Crippen LogP) is 3.81. The van der Waals surface area contributed by atoms with Crippen molar-refractivity contribution in [2.24, 2.45) is 0 Å². The van der Waals surface area contributed by atoms with Crippen molar-refractivity contribution in [3.05, 3.63) is 50.2 Å². The molecule has 0 aliphatic heterocycles. The summed E-state index contributed by atoms with van der Waals surface area (Å²) in [5.41, 5.74) is 4.99. The number of rotatable bonds is 5. The Kier molecular flexibility index (Phi) is 5.10. The Balaban J connectivity index is 2.30. The number of hydrogen-bond acceptors (Lipinski definition) is 3. The fourth-order valence-electron chi connectivity index (χ4n) is 2.70. The van der Waals surface area contributed by atoms with E-state index in [2.05, 4.69) is 4.72 Å². The second kappa shape index (κ2) is 6.52. The molecule has 0 saturated carbocycles. The van der Waals surface area contributed by atoms with Crippen molar-refractivity contribution in [3.8, 4) is 0 Å². The minimum atomic E-state index is -3.48. The van der Waals surface area contributed by atoms with Crippen LogP contribution in [0.2, 0.25) is 0 Å². The van der Waals surface area contributed by atoms with Crippen molar-refractivity contribution in [2.45, 2.75) is 45.9 Å². The third-order valence-electron chi connectivity index (χ3n) is 4.44. The molecule has 3 nitrogen and oxygen atoms in total. The van der Waals surface area contributed by atoms with Crippen LogP contribution in [-0.4, -0.2) is 15.0 Å². The molecule has 120 valence electrons. The van der Waals surface area contributed by atoms with Gasteiger partial charge < -0.3 is 0 Å². The van der Waals surface area contributed by atoms with E-state index in [0.29, 0.717) is 11.4 Å². The van der Waals surface area contributed by atoms with Crippen LogP contribution in [0.15, 0.2) is 22.4 Å². The molecule has 1 heterocycles. The van der Waals surface area contributed by atoms with E-state index < -0.39 is 10.0 Å². The summed E-state index contributed by atoms with van der Waals surface area (Å²) in [4.78, 5) is 1.63. The average molecular weight is 338 g/mol. The molecule has 1 aromatic carbocycles. The fraction of sp³-hybridized carbons (Fsp3) is 0.412. The first kappa shape index (κ1) is 17.2. The third kappa shape index (κ3) is 3.26. The summed E-state index contributed by atoms with van der Waals surface area (Å²) in [7, 11) is -3.48. The van der Waals surface area contributed by atoms with E-state index in [-0.39, 0.29) is 0 Å². The first-order valence-corrected chi connectivity index (χ1v) is 9.71. The maximum absolute atomic E-state index is 12.7. The highest BCUT2D eigenvalue weighted by Crippen LogP contribution is 2.29. The predicted molar refractivity (Wildman–Crippen MR) is 93.3 cm³/mol. The van der Waals surface area contributed by atoms with Gasteiger partial charge in [-0.15, -0.1) is 11.3 Å². The number of nitrogens with one attached hydrogen (secondary N) is 1. The normalized spacial score (nSPS) is 11.9. The second-order valence-electron chi connectivity index (χ2n) is 5.68. The van der Waals surface area contributed by atoms with Gasteiger partial charge >= 0.3 is 0 Å². The van der Waals surface area contributed by atoms with Crippen molar-refractivity contribution in [1.29, 1.82) is 0 Å². The largest absolute Gasteiger partial charge is 0.241 e. The summed E-state index contributed by atoms with van der Waals surface area (Å²) in [6.07, 6.45) is 0.721. The summed E-state index contributed by atoms with van der Waals surface area (Å²) in [5.74, 6) is 0. The average Bonchev–Trinajstić information content (AvgIpc) is 2.96. The van der Waals surface area contributed by atoms with Gasteiger partial charge in [0.05, 0.1) is 4.90 Å². The summed E-state index contributed by atoms with van der Waals surface area (Å²) in [6, 6.07) is 4.01. The van der Waals surface area contributed by atoms with Crippen LogP contribution in [0.1, 0.15) is 32.7 Å². The van der Waals surface area contributed by atoms with E-state index in [1.54, 1.807) is 11.3 Å². The molecular weight excluding hydrogens is 314 g/mol. The monoisotopic (exact) mass is 337 g/mol. The van der Waals surface area contributed by atoms with Gasteiger partial charge in [0.1, 0.15) is 0 Å². The van der Waals surface area contributed by atoms with Gasteiger partial charge in [-0.05, 0) is 80.3 Å². The lowest BCUT2D eigenvalue weighted by Crippen LogP contribution is -2.28. The van der Waals surface area contributed by atoms with Crippen LogP contribution in [-0.2, 0) is 16.4 Å². The van der Waals surface area contributed by atoms with E-state index in [9.17, 15) is 8.42 Å². The van der Waals surface area contributed by atoms with Gasteiger partial charge in [-0.25, -0.2) is 13.1 Å². The standard InChI is InChI=1S/C17H23NO2S2/c1-11-12(2)14(4)17(15(5)13(11)3)22(19,20)18-9-8-16-7-6-10-21-16/h6-7,10,18H,8-9H2,1-5H3.